The maximum absolute atomic E-state index is 13.5. The molecule has 0 aromatic heterocycles. The predicted molar refractivity (Wildman–Crippen MR) is 76.7 cm³/mol. The fourth-order valence-electron chi connectivity index (χ4n) is 1.46. The van der Waals surface area contributed by atoms with E-state index >= 15 is 0 Å². The third kappa shape index (κ3) is 4.20. The Morgan fingerprint density at radius 1 is 1.57 bits per heavy atom. The minimum atomic E-state index is -1.15. The van der Waals surface area contributed by atoms with E-state index in [2.05, 4.69) is 5.32 Å². The molecule has 21 heavy (non-hydrogen) atoms. The summed E-state index contributed by atoms with van der Waals surface area (Å²) in [5, 5.41) is 13.0. The Morgan fingerprint density at radius 3 is 2.67 bits per heavy atom. The maximum Gasteiger partial charge on any atom is 0.285 e. The lowest BCUT2D eigenvalue weighted by atomic mass is 10.1. The van der Waals surface area contributed by atoms with Gasteiger partial charge in [0, 0.05) is 28.9 Å². The number of rotatable bonds is 6. The summed E-state index contributed by atoms with van der Waals surface area (Å²) in [6.07, 6.45) is 1.48. The van der Waals surface area contributed by atoms with Crippen molar-refractivity contribution in [1.82, 2.24) is 5.32 Å². The Labute approximate surface area is 122 Å². The van der Waals surface area contributed by atoms with Crippen LogP contribution in [0.4, 0.5) is 15.8 Å². The first-order valence-electron chi connectivity index (χ1n) is 5.83. The molecule has 0 radical (unpaired) electrons. The number of benzene rings is 1. The first kappa shape index (κ1) is 17.0. The van der Waals surface area contributed by atoms with Crippen LogP contribution in [0, 0.1) is 15.9 Å². The Kier molecular flexibility index (Phi) is 5.73. The van der Waals surface area contributed by atoms with E-state index in [1.54, 1.807) is 6.92 Å². The van der Waals surface area contributed by atoms with Crippen LogP contribution in [0.25, 0.3) is 0 Å². The molecule has 0 aliphatic rings. The molecular formula is C11H15FN4O4S. The van der Waals surface area contributed by atoms with Crippen molar-refractivity contribution >= 4 is 28.1 Å². The summed E-state index contributed by atoms with van der Waals surface area (Å²) in [5.74, 6) is 3.37. The summed E-state index contributed by atoms with van der Waals surface area (Å²) in [7, 11) is -1.15. The van der Waals surface area contributed by atoms with Crippen LogP contribution in [0.3, 0.4) is 0 Å². The Morgan fingerprint density at radius 2 is 2.19 bits per heavy atom. The van der Waals surface area contributed by atoms with Gasteiger partial charge in [0.1, 0.15) is 5.56 Å². The van der Waals surface area contributed by atoms with Crippen LogP contribution in [0.2, 0.25) is 0 Å². The molecule has 0 aliphatic heterocycles. The van der Waals surface area contributed by atoms with Crippen molar-refractivity contribution in [2.45, 2.75) is 12.2 Å². The third-order valence-electron chi connectivity index (χ3n) is 2.80. The Hall–Kier alpha value is -2.07. The van der Waals surface area contributed by atoms with Crippen LogP contribution >= 0.6 is 0 Å². The zero-order valence-corrected chi connectivity index (χ0v) is 12.2. The first-order valence-corrected chi connectivity index (χ1v) is 7.45. The number of halogens is 1. The smallest absolute Gasteiger partial charge is 0.285 e. The molecule has 0 saturated carbocycles. The van der Waals surface area contributed by atoms with Crippen molar-refractivity contribution < 1.29 is 18.3 Å². The number of carbonyl (C=O) groups is 1. The lowest BCUT2D eigenvalue weighted by Gasteiger charge is -2.11. The van der Waals surface area contributed by atoms with Gasteiger partial charge in [0.15, 0.2) is 5.82 Å². The fraction of sp³-hybridized carbons (Fsp3) is 0.364. The van der Waals surface area contributed by atoms with Gasteiger partial charge >= 0.3 is 0 Å². The lowest BCUT2D eigenvalue weighted by molar-refractivity contribution is -0.385. The molecule has 0 saturated heterocycles. The van der Waals surface area contributed by atoms with Crippen LogP contribution in [0.5, 0.6) is 0 Å². The summed E-state index contributed by atoms with van der Waals surface area (Å²) in [4.78, 5) is 22.0. The van der Waals surface area contributed by atoms with E-state index in [0.717, 1.165) is 6.07 Å². The zero-order chi connectivity index (χ0) is 16.2. The van der Waals surface area contributed by atoms with E-state index in [9.17, 15) is 23.5 Å². The van der Waals surface area contributed by atoms with Gasteiger partial charge in [-0.05, 0) is 13.0 Å². The van der Waals surface area contributed by atoms with Crippen molar-refractivity contribution in [3.63, 3.8) is 0 Å². The van der Waals surface area contributed by atoms with Crippen molar-refractivity contribution in [1.29, 1.82) is 0 Å². The van der Waals surface area contributed by atoms with Crippen molar-refractivity contribution in [3.8, 4) is 0 Å². The SMILES string of the molecule is CC(CNC(=O)c1cc(NN)c(F)cc1[N+](=O)[O-])S(C)=O. The number of nitrogens with zero attached hydrogens (tertiary/aromatic N) is 1. The Balaban J connectivity index is 3.07. The fourth-order valence-corrected chi connectivity index (χ4v) is 1.77. The second-order valence-corrected chi connectivity index (χ2v) is 6.07. The number of hydrogen-bond donors (Lipinski definition) is 3. The molecule has 0 heterocycles. The molecule has 0 fully saturated rings. The molecule has 10 heteroatoms. The molecule has 8 nitrogen and oxygen atoms in total. The van der Waals surface area contributed by atoms with Crippen LogP contribution < -0.4 is 16.6 Å². The normalized spacial score (nSPS) is 13.3. The predicted octanol–water partition coefficient (Wildman–Crippen LogP) is 0.516. The summed E-state index contributed by atoms with van der Waals surface area (Å²) in [5.41, 5.74) is 0.773. The molecule has 2 unspecified atom stereocenters. The van der Waals surface area contributed by atoms with E-state index in [1.165, 1.54) is 6.26 Å². The largest absolute Gasteiger partial charge is 0.351 e. The number of carbonyl (C=O) groups excluding carboxylic acids is 1. The molecule has 0 bridgehead atoms. The van der Waals surface area contributed by atoms with E-state index in [1.807, 2.05) is 5.43 Å². The quantitative estimate of drug-likeness (QED) is 0.398. The van der Waals surface area contributed by atoms with Gasteiger partial charge in [0.2, 0.25) is 0 Å². The lowest BCUT2D eigenvalue weighted by Crippen LogP contribution is -2.33. The number of nitrogens with two attached hydrogens (primary N) is 1. The van der Waals surface area contributed by atoms with Gasteiger partial charge in [-0.3, -0.25) is 25.0 Å². The van der Waals surface area contributed by atoms with Gasteiger partial charge in [-0.1, -0.05) is 0 Å². The molecule has 1 rings (SSSR count). The minimum Gasteiger partial charge on any atom is -0.351 e. The summed E-state index contributed by atoms with van der Waals surface area (Å²) in [6, 6.07) is 1.57. The highest BCUT2D eigenvalue weighted by atomic mass is 32.2. The molecule has 4 N–H and O–H groups in total. The van der Waals surface area contributed by atoms with Gasteiger partial charge in [0.25, 0.3) is 11.6 Å². The van der Waals surface area contributed by atoms with E-state index in [4.69, 9.17) is 5.84 Å². The summed E-state index contributed by atoms with van der Waals surface area (Å²) < 4.78 is 24.6. The molecular weight excluding hydrogens is 303 g/mol. The number of nitrogen functional groups attached to an aromatic ring is 1. The average molecular weight is 318 g/mol. The highest BCUT2D eigenvalue weighted by Gasteiger charge is 2.24. The number of nitrogens with one attached hydrogen (secondary N) is 2. The van der Waals surface area contributed by atoms with Crippen LogP contribution in [-0.2, 0) is 10.8 Å². The molecule has 1 aromatic rings. The minimum absolute atomic E-state index is 0.0713. The molecule has 0 spiro atoms. The third-order valence-corrected chi connectivity index (χ3v) is 4.10. The Bertz CT molecular complexity index is 596. The number of nitro benzene ring substituents is 1. The number of anilines is 1. The van der Waals surface area contributed by atoms with Gasteiger partial charge in [-0.15, -0.1) is 0 Å². The second kappa shape index (κ2) is 7.09. The number of hydrogen-bond acceptors (Lipinski definition) is 6. The molecule has 116 valence electrons. The van der Waals surface area contributed by atoms with Gasteiger partial charge in [0.05, 0.1) is 16.7 Å². The number of amides is 1. The van der Waals surface area contributed by atoms with Crippen molar-refractivity contribution in [2.24, 2.45) is 5.84 Å². The van der Waals surface area contributed by atoms with Crippen molar-refractivity contribution in [3.05, 3.63) is 33.6 Å². The number of hydrazine groups is 1. The zero-order valence-electron chi connectivity index (χ0n) is 11.4. The van der Waals surface area contributed by atoms with E-state index in [0.29, 0.717) is 6.07 Å². The maximum atomic E-state index is 13.5. The van der Waals surface area contributed by atoms with E-state index in [-0.39, 0.29) is 23.0 Å². The van der Waals surface area contributed by atoms with Gasteiger partial charge in [-0.2, -0.15) is 0 Å². The second-order valence-electron chi connectivity index (χ2n) is 4.27. The van der Waals surface area contributed by atoms with E-state index < -0.39 is 33.1 Å². The monoisotopic (exact) mass is 318 g/mol. The molecule has 1 aromatic carbocycles. The number of nitro groups is 1. The first-order chi connectivity index (χ1) is 9.77. The highest BCUT2D eigenvalue weighted by Crippen LogP contribution is 2.25. The standard InChI is InChI=1S/C11H15FN4O4S/c1-6(21(2)20)5-14-11(17)7-3-9(15-13)8(12)4-10(7)16(18)19/h3-4,6,15H,5,13H2,1-2H3,(H,14,17). The molecule has 0 aliphatic carbocycles. The van der Waals surface area contributed by atoms with Crippen LogP contribution in [0.1, 0.15) is 17.3 Å². The van der Waals surface area contributed by atoms with Gasteiger partial charge < -0.3 is 10.7 Å². The van der Waals surface area contributed by atoms with Crippen molar-refractivity contribution in [2.75, 3.05) is 18.2 Å². The average Bonchev–Trinajstić information content (AvgIpc) is 2.43. The summed E-state index contributed by atoms with van der Waals surface area (Å²) >= 11 is 0. The van der Waals surface area contributed by atoms with Gasteiger partial charge in [-0.25, -0.2) is 4.39 Å². The molecule has 1 amide bonds. The van der Waals surface area contributed by atoms with Crippen LogP contribution in [-0.4, -0.2) is 33.1 Å². The highest BCUT2D eigenvalue weighted by molar-refractivity contribution is 7.84. The topological polar surface area (TPSA) is 127 Å². The van der Waals surface area contributed by atoms with Crippen LogP contribution in [0.15, 0.2) is 12.1 Å². The summed E-state index contributed by atoms with van der Waals surface area (Å²) in [6.45, 7) is 1.73. The molecule has 2 atom stereocenters.